The van der Waals surface area contributed by atoms with Crippen LogP contribution < -0.4 is 26.1 Å². The average Bonchev–Trinajstić information content (AvgIpc) is 3.21. The second-order valence-corrected chi connectivity index (χ2v) is 7.00. The second kappa shape index (κ2) is 9.38. The van der Waals surface area contributed by atoms with Crippen molar-refractivity contribution >= 4 is 34.9 Å². The van der Waals surface area contributed by atoms with Gasteiger partial charge in [0.1, 0.15) is 12.3 Å². The molecule has 0 bridgehead atoms. The summed E-state index contributed by atoms with van der Waals surface area (Å²) < 4.78 is 5.25. The average molecular weight is 418 g/mol. The van der Waals surface area contributed by atoms with Crippen LogP contribution in [0.5, 0.6) is 5.75 Å². The summed E-state index contributed by atoms with van der Waals surface area (Å²) in [6, 6.07) is 12.1. The Morgan fingerprint density at radius 2 is 1.90 bits per heavy atom. The van der Waals surface area contributed by atoms with E-state index in [0.717, 1.165) is 12.0 Å². The first-order chi connectivity index (χ1) is 14.0. The van der Waals surface area contributed by atoms with Gasteiger partial charge in [-0.2, -0.15) is 0 Å². The van der Waals surface area contributed by atoms with Gasteiger partial charge in [-0.05, 0) is 36.2 Å². The first kappa shape index (κ1) is 20.6. The van der Waals surface area contributed by atoms with E-state index in [1.807, 2.05) is 17.1 Å². The minimum atomic E-state index is -0.416. The molecule has 1 heterocycles. The van der Waals surface area contributed by atoms with E-state index in [1.54, 1.807) is 42.5 Å². The van der Waals surface area contributed by atoms with Crippen molar-refractivity contribution in [3.8, 4) is 5.75 Å². The van der Waals surface area contributed by atoms with E-state index in [1.165, 1.54) is 0 Å². The number of benzene rings is 2. The zero-order valence-electron chi connectivity index (χ0n) is 16.2. The summed E-state index contributed by atoms with van der Waals surface area (Å²) in [6.45, 7) is 1.43. The predicted octanol–water partition coefficient (Wildman–Crippen LogP) is 2.38. The van der Waals surface area contributed by atoms with Crippen molar-refractivity contribution in [3.05, 3.63) is 53.1 Å². The number of carbonyl (C=O) groups is 2. The zero-order valence-corrected chi connectivity index (χ0v) is 16.9. The van der Waals surface area contributed by atoms with Crippen LogP contribution >= 0.6 is 11.6 Å². The number of nitrogens with two attached hydrogens (primary N) is 1. The highest BCUT2D eigenvalue weighted by molar-refractivity contribution is 6.33. The number of nitrogens with zero attached hydrogens (tertiary/aromatic N) is 2. The SMILES string of the molecule is COc1ccc(Cl)c(N2CCCN2C(=O)CNC(=O)NCc2ccc(N)cc2)c1. The molecule has 1 saturated heterocycles. The van der Waals surface area contributed by atoms with Crippen molar-refractivity contribution in [2.24, 2.45) is 0 Å². The third-order valence-electron chi connectivity index (χ3n) is 4.58. The summed E-state index contributed by atoms with van der Waals surface area (Å²) in [5.74, 6) is 0.438. The number of hydrogen-bond donors (Lipinski definition) is 3. The topological polar surface area (TPSA) is 99.9 Å². The van der Waals surface area contributed by atoms with Crippen LogP contribution in [-0.2, 0) is 11.3 Å². The highest BCUT2D eigenvalue weighted by Gasteiger charge is 2.28. The Morgan fingerprint density at radius 1 is 1.14 bits per heavy atom. The standard InChI is InChI=1S/C20H24ClN5O3/c1-29-16-7-8-17(21)18(11-16)25-9-2-10-26(25)19(27)13-24-20(28)23-12-14-3-5-15(22)6-4-14/h3-8,11H,2,9-10,12-13,22H2,1H3,(H2,23,24,28). The largest absolute Gasteiger partial charge is 0.497 e. The number of amides is 3. The first-order valence-corrected chi connectivity index (χ1v) is 9.63. The zero-order chi connectivity index (χ0) is 20.8. The predicted molar refractivity (Wildman–Crippen MR) is 113 cm³/mol. The Hall–Kier alpha value is -3.13. The lowest BCUT2D eigenvalue weighted by Crippen LogP contribution is -2.48. The fourth-order valence-corrected chi connectivity index (χ4v) is 3.28. The van der Waals surface area contributed by atoms with Crippen molar-refractivity contribution in [1.29, 1.82) is 0 Å². The molecule has 0 saturated carbocycles. The van der Waals surface area contributed by atoms with Gasteiger partial charge in [0.25, 0.3) is 5.91 Å². The van der Waals surface area contributed by atoms with Gasteiger partial charge in [0.05, 0.1) is 17.8 Å². The first-order valence-electron chi connectivity index (χ1n) is 9.25. The Bertz CT molecular complexity index is 875. The van der Waals surface area contributed by atoms with Gasteiger partial charge in [0.15, 0.2) is 0 Å². The van der Waals surface area contributed by atoms with Crippen LogP contribution in [0.2, 0.25) is 5.02 Å². The summed E-state index contributed by atoms with van der Waals surface area (Å²) in [7, 11) is 1.58. The van der Waals surface area contributed by atoms with Gasteiger partial charge < -0.3 is 21.1 Å². The Balaban J connectivity index is 1.54. The van der Waals surface area contributed by atoms with Gasteiger partial charge in [0, 0.05) is 31.4 Å². The molecule has 3 rings (SSSR count). The molecule has 29 heavy (non-hydrogen) atoms. The fraction of sp³-hybridized carbons (Fsp3) is 0.300. The van der Waals surface area contributed by atoms with Crippen LogP contribution in [0.3, 0.4) is 0 Å². The molecule has 0 spiro atoms. The van der Waals surface area contributed by atoms with Gasteiger partial charge in [-0.3, -0.25) is 14.8 Å². The van der Waals surface area contributed by atoms with Crippen LogP contribution in [0.1, 0.15) is 12.0 Å². The van der Waals surface area contributed by atoms with Gasteiger partial charge >= 0.3 is 6.03 Å². The monoisotopic (exact) mass is 417 g/mol. The molecule has 0 radical (unpaired) electrons. The smallest absolute Gasteiger partial charge is 0.315 e. The van der Waals surface area contributed by atoms with E-state index in [2.05, 4.69) is 10.6 Å². The number of nitrogens with one attached hydrogen (secondary N) is 2. The normalized spacial score (nSPS) is 13.3. The number of hydrazine groups is 1. The van der Waals surface area contributed by atoms with Crippen LogP contribution in [0.4, 0.5) is 16.2 Å². The number of rotatable bonds is 6. The lowest BCUT2D eigenvalue weighted by molar-refractivity contribution is -0.129. The number of nitrogen functional groups attached to an aromatic ring is 1. The molecule has 2 aromatic rings. The number of halogens is 1. The van der Waals surface area contributed by atoms with Crippen molar-refractivity contribution in [2.75, 3.05) is 37.5 Å². The molecule has 9 heteroatoms. The number of urea groups is 1. The Labute approximate surface area is 174 Å². The van der Waals surface area contributed by atoms with Gasteiger partial charge in [-0.25, -0.2) is 4.79 Å². The fourth-order valence-electron chi connectivity index (χ4n) is 3.07. The molecule has 0 aliphatic carbocycles. The summed E-state index contributed by atoms with van der Waals surface area (Å²) in [4.78, 5) is 24.7. The van der Waals surface area contributed by atoms with Crippen LogP contribution in [0, 0.1) is 0 Å². The van der Waals surface area contributed by atoms with E-state index in [-0.39, 0.29) is 12.5 Å². The third-order valence-corrected chi connectivity index (χ3v) is 4.90. The summed E-state index contributed by atoms with van der Waals surface area (Å²) in [6.07, 6.45) is 0.808. The summed E-state index contributed by atoms with van der Waals surface area (Å²) >= 11 is 6.32. The maximum Gasteiger partial charge on any atom is 0.315 e. The maximum absolute atomic E-state index is 12.7. The van der Waals surface area contributed by atoms with Crippen molar-refractivity contribution in [3.63, 3.8) is 0 Å². The molecule has 3 amide bonds. The molecule has 0 atom stereocenters. The number of ether oxygens (including phenoxy) is 1. The Kier molecular flexibility index (Phi) is 6.66. The molecule has 2 aromatic carbocycles. The molecule has 0 aromatic heterocycles. The van der Waals surface area contributed by atoms with Crippen LogP contribution in [0.15, 0.2) is 42.5 Å². The third kappa shape index (κ3) is 5.23. The number of hydrogen-bond acceptors (Lipinski definition) is 5. The molecule has 8 nitrogen and oxygen atoms in total. The lowest BCUT2D eigenvalue weighted by atomic mass is 10.2. The van der Waals surface area contributed by atoms with E-state index < -0.39 is 6.03 Å². The van der Waals surface area contributed by atoms with Crippen LogP contribution in [0.25, 0.3) is 0 Å². The number of anilines is 2. The molecule has 1 aliphatic rings. The molecule has 1 fully saturated rings. The maximum atomic E-state index is 12.7. The van der Waals surface area contributed by atoms with E-state index in [4.69, 9.17) is 22.1 Å². The van der Waals surface area contributed by atoms with E-state index in [0.29, 0.717) is 41.8 Å². The highest BCUT2D eigenvalue weighted by atomic mass is 35.5. The molecule has 1 aliphatic heterocycles. The lowest BCUT2D eigenvalue weighted by Gasteiger charge is -2.30. The van der Waals surface area contributed by atoms with Crippen molar-refractivity contribution in [2.45, 2.75) is 13.0 Å². The van der Waals surface area contributed by atoms with Crippen molar-refractivity contribution in [1.82, 2.24) is 15.6 Å². The second-order valence-electron chi connectivity index (χ2n) is 6.59. The Morgan fingerprint density at radius 3 is 2.62 bits per heavy atom. The van der Waals surface area contributed by atoms with Gasteiger partial charge in [-0.1, -0.05) is 23.7 Å². The minimum Gasteiger partial charge on any atom is -0.497 e. The number of carbonyl (C=O) groups excluding carboxylic acids is 2. The molecule has 154 valence electrons. The molecular weight excluding hydrogens is 394 g/mol. The van der Waals surface area contributed by atoms with Gasteiger partial charge in [0.2, 0.25) is 0 Å². The highest BCUT2D eigenvalue weighted by Crippen LogP contribution is 2.33. The summed E-state index contributed by atoms with van der Waals surface area (Å²) in [5, 5.41) is 9.26. The molecular formula is C20H24ClN5O3. The van der Waals surface area contributed by atoms with E-state index >= 15 is 0 Å². The van der Waals surface area contributed by atoms with E-state index in [9.17, 15) is 9.59 Å². The van der Waals surface area contributed by atoms with Crippen LogP contribution in [-0.4, -0.2) is 43.7 Å². The van der Waals surface area contributed by atoms with Gasteiger partial charge in [-0.15, -0.1) is 0 Å². The molecule has 0 unspecified atom stereocenters. The van der Waals surface area contributed by atoms with Crippen molar-refractivity contribution < 1.29 is 14.3 Å². The number of methoxy groups -OCH3 is 1. The minimum absolute atomic E-state index is 0.119. The summed E-state index contributed by atoms with van der Waals surface area (Å²) in [5.41, 5.74) is 7.92. The molecule has 4 N–H and O–H groups in total. The quantitative estimate of drug-likeness (QED) is 0.626.